The summed E-state index contributed by atoms with van der Waals surface area (Å²) in [4.78, 5) is 25.0. The molecule has 2 N–H and O–H groups in total. The Hall–Kier alpha value is -2.41. The number of urea groups is 1. The van der Waals surface area contributed by atoms with E-state index in [9.17, 15) is 9.59 Å². The summed E-state index contributed by atoms with van der Waals surface area (Å²) >= 11 is 6.48. The second-order valence-corrected chi connectivity index (χ2v) is 7.25. The second-order valence-electron chi connectivity index (χ2n) is 6.84. The monoisotopic (exact) mass is 424 g/mol. The van der Waals surface area contributed by atoms with Crippen molar-refractivity contribution >= 4 is 23.6 Å². The molecule has 1 aliphatic heterocycles. The van der Waals surface area contributed by atoms with Crippen LogP contribution in [0.2, 0.25) is 5.02 Å². The molecule has 0 saturated heterocycles. The largest absolute Gasteiger partial charge is 0.490 e. The predicted octanol–water partition coefficient (Wildman–Crippen LogP) is 4.50. The summed E-state index contributed by atoms with van der Waals surface area (Å²) in [5.41, 5.74) is 1.48. The normalized spacial score (nSPS) is 16.4. The van der Waals surface area contributed by atoms with Crippen molar-refractivity contribution in [1.29, 1.82) is 0 Å². The molecule has 0 aromatic heterocycles. The first kappa shape index (κ1) is 22.9. The summed E-state index contributed by atoms with van der Waals surface area (Å²) in [5.74, 6) is 0.422. The van der Waals surface area contributed by atoms with Gasteiger partial charge in [0.1, 0.15) is 0 Å². The quantitative estimate of drug-likeness (QED) is 0.570. The van der Waals surface area contributed by atoms with Gasteiger partial charge in [0.2, 0.25) is 0 Å². The fraction of sp³-hybridized carbons (Fsp3) is 0.524. The van der Waals surface area contributed by atoms with Crippen molar-refractivity contribution in [3.8, 4) is 11.5 Å². The van der Waals surface area contributed by atoms with E-state index in [-0.39, 0.29) is 6.10 Å². The van der Waals surface area contributed by atoms with Gasteiger partial charge in [-0.3, -0.25) is 0 Å². The molecule has 0 fully saturated rings. The van der Waals surface area contributed by atoms with E-state index in [0.29, 0.717) is 53.0 Å². The highest BCUT2D eigenvalue weighted by atomic mass is 35.5. The van der Waals surface area contributed by atoms with Gasteiger partial charge in [0.25, 0.3) is 0 Å². The van der Waals surface area contributed by atoms with Crippen molar-refractivity contribution in [2.45, 2.75) is 59.6 Å². The van der Waals surface area contributed by atoms with Crippen molar-refractivity contribution in [1.82, 2.24) is 10.6 Å². The van der Waals surface area contributed by atoms with Gasteiger partial charge in [-0.05, 0) is 51.3 Å². The number of amides is 2. The number of halogens is 1. The minimum atomic E-state index is -0.720. The molecule has 0 bridgehead atoms. The van der Waals surface area contributed by atoms with Gasteiger partial charge in [0, 0.05) is 5.70 Å². The minimum Gasteiger partial charge on any atom is -0.490 e. The van der Waals surface area contributed by atoms with Crippen LogP contribution in [0.4, 0.5) is 4.79 Å². The van der Waals surface area contributed by atoms with Crippen molar-refractivity contribution in [2.24, 2.45) is 0 Å². The fourth-order valence-corrected chi connectivity index (χ4v) is 3.30. The van der Waals surface area contributed by atoms with E-state index >= 15 is 0 Å². The molecule has 2 rings (SSSR count). The highest BCUT2D eigenvalue weighted by Gasteiger charge is 2.34. The Balaban J connectivity index is 2.56. The average molecular weight is 425 g/mol. The van der Waals surface area contributed by atoms with Crippen LogP contribution in [-0.4, -0.2) is 31.3 Å². The molecule has 1 aromatic carbocycles. The molecular formula is C21H29ClN2O5. The third kappa shape index (κ3) is 5.56. The molecule has 0 spiro atoms. The van der Waals surface area contributed by atoms with Crippen LogP contribution >= 0.6 is 11.6 Å². The molecule has 1 aliphatic rings. The lowest BCUT2D eigenvalue weighted by molar-refractivity contribution is -0.143. The van der Waals surface area contributed by atoms with E-state index in [0.717, 1.165) is 6.42 Å². The van der Waals surface area contributed by atoms with Crippen molar-refractivity contribution < 1.29 is 23.8 Å². The van der Waals surface area contributed by atoms with Gasteiger partial charge in [-0.2, -0.15) is 0 Å². The second kappa shape index (κ2) is 10.4. The summed E-state index contributed by atoms with van der Waals surface area (Å²) in [6.45, 7) is 10.2. The Morgan fingerprint density at radius 1 is 1.21 bits per heavy atom. The average Bonchev–Trinajstić information content (AvgIpc) is 2.66. The van der Waals surface area contributed by atoms with E-state index in [1.54, 1.807) is 26.0 Å². The molecule has 1 unspecified atom stereocenters. The third-order valence-electron chi connectivity index (χ3n) is 4.19. The number of ether oxygens (including phenoxy) is 3. The number of nitrogens with one attached hydrogen (secondary N) is 2. The van der Waals surface area contributed by atoms with E-state index in [1.807, 2.05) is 20.8 Å². The molecule has 1 atom stereocenters. The van der Waals surface area contributed by atoms with Gasteiger partial charge >= 0.3 is 12.0 Å². The maximum absolute atomic E-state index is 12.8. The van der Waals surface area contributed by atoms with Crippen LogP contribution in [0.15, 0.2) is 23.4 Å². The topological polar surface area (TPSA) is 85.9 Å². The number of benzene rings is 1. The summed E-state index contributed by atoms with van der Waals surface area (Å²) in [7, 11) is 0. The highest BCUT2D eigenvalue weighted by Crippen LogP contribution is 2.40. The first-order valence-corrected chi connectivity index (χ1v) is 10.3. The van der Waals surface area contributed by atoms with E-state index in [4.69, 9.17) is 25.8 Å². The number of allylic oxidation sites excluding steroid dienone is 1. The molecular weight excluding hydrogens is 396 g/mol. The minimum absolute atomic E-state index is 0.293. The van der Waals surface area contributed by atoms with Crippen LogP contribution in [0.25, 0.3) is 0 Å². The SMILES string of the molecule is CCCOc1c(Cl)cc(C2NC(=O)NC(CC)=C2C(=O)OC(C)C)cc1OCC. The molecule has 0 radical (unpaired) electrons. The van der Waals surface area contributed by atoms with Crippen LogP contribution in [0.1, 0.15) is 59.1 Å². The highest BCUT2D eigenvalue weighted by molar-refractivity contribution is 6.32. The maximum atomic E-state index is 12.8. The predicted molar refractivity (Wildman–Crippen MR) is 111 cm³/mol. The van der Waals surface area contributed by atoms with Crippen LogP contribution < -0.4 is 20.1 Å². The van der Waals surface area contributed by atoms with E-state index < -0.39 is 18.0 Å². The standard InChI is InChI=1S/C21H29ClN2O5/c1-6-9-28-19-14(22)10-13(11-16(19)27-8-3)18-17(20(25)29-12(4)5)15(7-2)23-21(26)24-18/h10-12,18H,6-9H2,1-5H3,(H2,23,24,26). The number of hydrogen-bond donors (Lipinski definition) is 2. The molecule has 0 saturated carbocycles. The van der Waals surface area contributed by atoms with Gasteiger partial charge in [-0.15, -0.1) is 0 Å². The van der Waals surface area contributed by atoms with Crippen LogP contribution in [0, 0.1) is 0 Å². The Labute approximate surface area is 176 Å². The molecule has 2 amide bonds. The van der Waals surface area contributed by atoms with Gasteiger partial charge in [0.05, 0.1) is 36.0 Å². The van der Waals surface area contributed by atoms with Crippen molar-refractivity contribution in [3.63, 3.8) is 0 Å². The number of carbonyl (C=O) groups is 2. The Bertz CT molecular complexity index is 792. The molecule has 1 heterocycles. The zero-order valence-electron chi connectivity index (χ0n) is 17.6. The van der Waals surface area contributed by atoms with Crippen LogP contribution in [0.5, 0.6) is 11.5 Å². The zero-order valence-corrected chi connectivity index (χ0v) is 18.3. The molecule has 160 valence electrons. The number of esters is 1. The molecule has 1 aromatic rings. The van der Waals surface area contributed by atoms with Crippen molar-refractivity contribution in [2.75, 3.05) is 13.2 Å². The maximum Gasteiger partial charge on any atom is 0.338 e. The van der Waals surface area contributed by atoms with Gasteiger partial charge in [0.15, 0.2) is 11.5 Å². The van der Waals surface area contributed by atoms with Crippen LogP contribution in [-0.2, 0) is 9.53 Å². The van der Waals surface area contributed by atoms with Gasteiger partial charge in [-0.25, -0.2) is 9.59 Å². The van der Waals surface area contributed by atoms with Gasteiger partial charge < -0.3 is 24.8 Å². The van der Waals surface area contributed by atoms with Gasteiger partial charge in [-0.1, -0.05) is 25.4 Å². The number of hydrogen-bond acceptors (Lipinski definition) is 5. The lowest BCUT2D eigenvalue weighted by Crippen LogP contribution is -2.46. The Kier molecular flexibility index (Phi) is 8.20. The van der Waals surface area contributed by atoms with E-state index in [1.165, 1.54) is 0 Å². The third-order valence-corrected chi connectivity index (χ3v) is 4.47. The summed E-state index contributed by atoms with van der Waals surface area (Å²) < 4.78 is 16.9. The smallest absolute Gasteiger partial charge is 0.338 e. The summed E-state index contributed by atoms with van der Waals surface area (Å²) in [6, 6.07) is 2.31. The first-order valence-electron chi connectivity index (χ1n) is 9.92. The fourth-order valence-electron chi connectivity index (χ4n) is 3.03. The first-order chi connectivity index (χ1) is 13.8. The Morgan fingerprint density at radius 2 is 1.93 bits per heavy atom. The Morgan fingerprint density at radius 3 is 2.52 bits per heavy atom. The van der Waals surface area contributed by atoms with E-state index in [2.05, 4.69) is 10.6 Å². The number of rotatable bonds is 9. The number of carbonyl (C=O) groups excluding carboxylic acids is 2. The molecule has 8 heteroatoms. The van der Waals surface area contributed by atoms with Crippen LogP contribution in [0.3, 0.4) is 0 Å². The summed E-state index contributed by atoms with van der Waals surface area (Å²) in [6.07, 6.45) is 0.997. The summed E-state index contributed by atoms with van der Waals surface area (Å²) in [5, 5.41) is 5.85. The zero-order chi connectivity index (χ0) is 21.6. The molecule has 0 aliphatic carbocycles. The van der Waals surface area contributed by atoms with Crippen molar-refractivity contribution in [3.05, 3.63) is 34.0 Å². The molecule has 7 nitrogen and oxygen atoms in total. The lowest BCUT2D eigenvalue weighted by atomic mass is 9.94. The lowest BCUT2D eigenvalue weighted by Gasteiger charge is -2.30. The molecule has 29 heavy (non-hydrogen) atoms.